The first-order valence-corrected chi connectivity index (χ1v) is 10.7. The molecule has 0 bridgehead atoms. The molecule has 2 aromatic carbocycles. The molecule has 0 spiro atoms. The smallest absolute Gasteiger partial charge is 0.0653 e. The van der Waals surface area contributed by atoms with Crippen molar-refractivity contribution in [1.29, 1.82) is 5.41 Å². The van der Waals surface area contributed by atoms with Crippen LogP contribution in [0.3, 0.4) is 0 Å². The summed E-state index contributed by atoms with van der Waals surface area (Å²) in [4.78, 5) is 2.19. The number of likely N-dealkylation sites (N-methyl/N-ethyl adjacent to an activating group) is 1. The van der Waals surface area contributed by atoms with Gasteiger partial charge < -0.3 is 15.5 Å². The van der Waals surface area contributed by atoms with Crippen molar-refractivity contribution in [2.45, 2.75) is 26.8 Å². The maximum atomic E-state index is 8.51. The van der Waals surface area contributed by atoms with Crippen LogP contribution in [0.5, 0.6) is 0 Å². The predicted octanol–water partition coefficient (Wildman–Crippen LogP) is 4.57. The molecule has 4 rings (SSSR count). The van der Waals surface area contributed by atoms with Gasteiger partial charge in [0.05, 0.1) is 18.9 Å². The molecule has 0 saturated carbocycles. The maximum Gasteiger partial charge on any atom is 0.0653 e. The van der Waals surface area contributed by atoms with Crippen LogP contribution in [0.1, 0.15) is 34.2 Å². The molecule has 2 aromatic rings. The van der Waals surface area contributed by atoms with Gasteiger partial charge in [-0.25, -0.2) is 0 Å². The van der Waals surface area contributed by atoms with Crippen LogP contribution in [-0.4, -0.2) is 44.0 Å². The Morgan fingerprint density at radius 1 is 1.13 bits per heavy atom. The quantitative estimate of drug-likeness (QED) is 0.771. The van der Waals surface area contributed by atoms with Gasteiger partial charge in [0.2, 0.25) is 0 Å². The minimum atomic E-state index is 0.704. The molecule has 2 N–H and O–H groups in total. The Hall–Kier alpha value is -2.69. The van der Waals surface area contributed by atoms with Gasteiger partial charge >= 0.3 is 0 Å². The van der Waals surface area contributed by atoms with Crippen molar-refractivity contribution < 1.29 is 4.74 Å². The monoisotopic (exact) mass is 401 g/mol. The van der Waals surface area contributed by atoms with E-state index in [4.69, 9.17) is 10.1 Å². The van der Waals surface area contributed by atoms with E-state index in [-0.39, 0.29) is 0 Å². The topological polar surface area (TPSA) is 48.4 Å². The van der Waals surface area contributed by atoms with Crippen LogP contribution < -0.4 is 5.32 Å². The second-order valence-electron chi connectivity index (χ2n) is 8.43. The Labute approximate surface area is 179 Å². The fraction of sp³-hybridized carbons (Fsp3) is 0.346. The van der Waals surface area contributed by atoms with Crippen LogP contribution in [0.4, 0.5) is 0 Å². The number of nitrogens with one attached hydrogen (secondary N) is 2. The largest absolute Gasteiger partial charge is 0.380 e. The standard InChI is InChI=1S/C26H31N3O/c1-18-12-20(14-22(13-18)21-8-10-30-11-9-21)15-28-26(23-7-5-4-6-19(23)2)24-16-29(3)17-25(24)27/h4-8,12-14,27-28H,9-11,15-17H2,1-3H3/b26-24-,27-25?. The molecule has 2 heterocycles. The van der Waals surface area contributed by atoms with Crippen LogP contribution in [0.15, 0.2) is 54.1 Å². The van der Waals surface area contributed by atoms with Crippen molar-refractivity contribution in [2.75, 3.05) is 33.4 Å². The molecule has 2 aliphatic heterocycles. The molecule has 0 aromatic heterocycles. The number of rotatable bonds is 5. The lowest BCUT2D eigenvalue weighted by molar-refractivity contribution is 0.161. The van der Waals surface area contributed by atoms with E-state index < -0.39 is 0 Å². The summed E-state index contributed by atoms with van der Waals surface area (Å²) in [6, 6.07) is 15.3. The van der Waals surface area contributed by atoms with Crippen LogP contribution in [0.2, 0.25) is 0 Å². The Morgan fingerprint density at radius 3 is 2.67 bits per heavy atom. The summed E-state index contributed by atoms with van der Waals surface area (Å²) in [6.45, 7) is 8.06. The molecule has 30 heavy (non-hydrogen) atoms. The van der Waals surface area contributed by atoms with Crippen LogP contribution in [0.25, 0.3) is 11.3 Å². The molecule has 0 atom stereocenters. The van der Waals surface area contributed by atoms with Gasteiger partial charge in [-0.2, -0.15) is 0 Å². The molecule has 1 saturated heterocycles. The number of nitrogens with zero attached hydrogens (tertiary/aromatic N) is 1. The number of aryl methyl sites for hydroxylation is 2. The Balaban J connectivity index is 1.65. The number of hydrogen-bond acceptors (Lipinski definition) is 4. The molecular weight excluding hydrogens is 370 g/mol. The highest BCUT2D eigenvalue weighted by Crippen LogP contribution is 2.26. The number of likely N-dealkylation sites (tertiary alicyclic amines) is 1. The average Bonchev–Trinajstić information content (AvgIpc) is 3.07. The molecule has 0 radical (unpaired) electrons. The highest BCUT2D eigenvalue weighted by molar-refractivity contribution is 6.07. The number of hydrogen-bond donors (Lipinski definition) is 2. The first-order chi connectivity index (χ1) is 14.5. The van der Waals surface area contributed by atoms with Crippen LogP contribution >= 0.6 is 0 Å². The van der Waals surface area contributed by atoms with Gasteiger partial charge in [0, 0.05) is 36.5 Å². The van der Waals surface area contributed by atoms with E-state index in [1.807, 2.05) is 0 Å². The minimum Gasteiger partial charge on any atom is -0.380 e. The van der Waals surface area contributed by atoms with Gasteiger partial charge in [0.1, 0.15) is 0 Å². The van der Waals surface area contributed by atoms with Gasteiger partial charge in [-0.05, 0) is 55.6 Å². The van der Waals surface area contributed by atoms with Gasteiger partial charge in [0.15, 0.2) is 0 Å². The lowest BCUT2D eigenvalue weighted by Gasteiger charge is -2.19. The lowest BCUT2D eigenvalue weighted by atomic mass is 9.96. The number of benzene rings is 2. The van der Waals surface area contributed by atoms with Crippen molar-refractivity contribution in [2.24, 2.45) is 0 Å². The van der Waals surface area contributed by atoms with Gasteiger partial charge in [-0.3, -0.25) is 4.90 Å². The Kier molecular flexibility index (Phi) is 6.16. The maximum absolute atomic E-state index is 8.51. The highest BCUT2D eigenvalue weighted by atomic mass is 16.5. The summed E-state index contributed by atoms with van der Waals surface area (Å²) in [5, 5.41) is 12.2. The van der Waals surface area contributed by atoms with E-state index in [1.54, 1.807) is 0 Å². The fourth-order valence-corrected chi connectivity index (χ4v) is 4.36. The molecule has 0 aliphatic carbocycles. The molecule has 4 heteroatoms. The molecule has 2 aliphatic rings. The van der Waals surface area contributed by atoms with Gasteiger partial charge in [0.25, 0.3) is 0 Å². The van der Waals surface area contributed by atoms with E-state index in [0.29, 0.717) is 18.9 Å². The second-order valence-corrected chi connectivity index (χ2v) is 8.43. The first kappa shape index (κ1) is 20.6. The van der Waals surface area contributed by atoms with Gasteiger partial charge in [-0.15, -0.1) is 0 Å². The van der Waals surface area contributed by atoms with Crippen molar-refractivity contribution in [3.8, 4) is 0 Å². The van der Waals surface area contributed by atoms with Crippen molar-refractivity contribution in [3.63, 3.8) is 0 Å². The summed E-state index contributed by atoms with van der Waals surface area (Å²) in [5.41, 5.74) is 10.5. The highest BCUT2D eigenvalue weighted by Gasteiger charge is 2.23. The van der Waals surface area contributed by atoms with E-state index in [0.717, 1.165) is 37.4 Å². The third-order valence-corrected chi connectivity index (χ3v) is 5.88. The third kappa shape index (κ3) is 4.55. The molecule has 156 valence electrons. The molecule has 0 unspecified atom stereocenters. The minimum absolute atomic E-state index is 0.704. The summed E-state index contributed by atoms with van der Waals surface area (Å²) >= 11 is 0. The second kappa shape index (κ2) is 8.99. The zero-order valence-corrected chi connectivity index (χ0v) is 18.2. The normalized spacial score (nSPS) is 19.0. The van der Waals surface area contributed by atoms with E-state index in [2.05, 4.69) is 79.7 Å². The Bertz CT molecular complexity index is 1020. The first-order valence-electron chi connectivity index (χ1n) is 10.7. The molecule has 4 nitrogen and oxygen atoms in total. The molecular formula is C26H31N3O. The summed E-state index contributed by atoms with van der Waals surface area (Å²) in [5.74, 6) is 0. The summed E-state index contributed by atoms with van der Waals surface area (Å²) < 4.78 is 5.48. The summed E-state index contributed by atoms with van der Waals surface area (Å²) in [7, 11) is 2.07. The van der Waals surface area contributed by atoms with E-state index in [9.17, 15) is 0 Å². The lowest BCUT2D eigenvalue weighted by Crippen LogP contribution is -2.18. The van der Waals surface area contributed by atoms with Crippen LogP contribution in [0, 0.1) is 19.3 Å². The van der Waals surface area contributed by atoms with E-state index in [1.165, 1.54) is 33.4 Å². The Morgan fingerprint density at radius 2 is 1.97 bits per heavy atom. The third-order valence-electron chi connectivity index (χ3n) is 5.88. The van der Waals surface area contributed by atoms with Crippen molar-refractivity contribution >= 4 is 17.0 Å². The van der Waals surface area contributed by atoms with Crippen molar-refractivity contribution in [1.82, 2.24) is 10.2 Å². The predicted molar refractivity (Wildman–Crippen MR) is 125 cm³/mol. The van der Waals surface area contributed by atoms with Gasteiger partial charge in [-0.1, -0.05) is 48.0 Å². The fourth-order valence-electron chi connectivity index (χ4n) is 4.36. The zero-order valence-electron chi connectivity index (χ0n) is 18.2. The molecule has 0 amide bonds. The molecule has 1 fully saturated rings. The van der Waals surface area contributed by atoms with E-state index >= 15 is 0 Å². The average molecular weight is 402 g/mol. The van der Waals surface area contributed by atoms with Crippen LogP contribution in [-0.2, 0) is 11.3 Å². The SMILES string of the molecule is Cc1cc(CN/C(=C2/CN(C)CC2=N)c2ccccc2C)cc(C2=CCOCC2)c1. The van der Waals surface area contributed by atoms with Crippen molar-refractivity contribution in [3.05, 3.63) is 81.9 Å². The summed E-state index contributed by atoms with van der Waals surface area (Å²) in [6.07, 6.45) is 3.17. The number of ether oxygens (including phenoxy) is 1. The zero-order chi connectivity index (χ0) is 21.1.